The van der Waals surface area contributed by atoms with Crippen LogP contribution in [-0.4, -0.2) is 19.1 Å². The monoisotopic (exact) mass is 996 g/mol. The van der Waals surface area contributed by atoms with Gasteiger partial charge in [-0.25, -0.2) is 9.97 Å². The molecule has 366 valence electrons. The molecule has 0 saturated carbocycles. The van der Waals surface area contributed by atoms with Crippen LogP contribution in [0.15, 0.2) is 259 Å². The van der Waals surface area contributed by atoms with Crippen LogP contribution >= 0.6 is 0 Å². The first-order valence-corrected chi connectivity index (χ1v) is 26.8. The van der Waals surface area contributed by atoms with Crippen LogP contribution in [0.2, 0.25) is 0 Å². The number of para-hydroxylation sites is 4. The third-order valence-corrected chi connectivity index (χ3v) is 16.5. The Kier molecular flexibility index (Phi) is 9.61. The molecule has 5 heteroatoms. The molecule has 0 unspecified atom stereocenters. The van der Waals surface area contributed by atoms with Crippen LogP contribution in [0.25, 0.3) is 144 Å². The zero-order chi connectivity index (χ0) is 51.6. The van der Waals surface area contributed by atoms with E-state index in [4.69, 9.17) is 14.4 Å². The van der Waals surface area contributed by atoms with E-state index in [1.165, 1.54) is 66.0 Å². The summed E-state index contributed by atoms with van der Waals surface area (Å²) < 4.78 is 11.3. The van der Waals surface area contributed by atoms with Crippen LogP contribution < -0.4 is 0 Å². The van der Waals surface area contributed by atoms with Crippen LogP contribution in [0, 0.1) is 0 Å². The van der Waals surface area contributed by atoms with Crippen LogP contribution in [0.1, 0.15) is 25.0 Å². The minimum Gasteiger partial charge on any atom is -0.456 e. The van der Waals surface area contributed by atoms with Gasteiger partial charge >= 0.3 is 0 Å². The number of hydrogen-bond donors (Lipinski definition) is 0. The van der Waals surface area contributed by atoms with E-state index in [1.807, 2.05) is 30.3 Å². The molecule has 0 aliphatic heterocycles. The van der Waals surface area contributed by atoms with Gasteiger partial charge in [-0.15, -0.1) is 0 Å². The van der Waals surface area contributed by atoms with Gasteiger partial charge in [0.2, 0.25) is 0 Å². The third-order valence-electron chi connectivity index (χ3n) is 16.5. The van der Waals surface area contributed by atoms with Gasteiger partial charge in [-0.1, -0.05) is 190 Å². The van der Waals surface area contributed by atoms with Crippen LogP contribution in [0.4, 0.5) is 0 Å². The fraction of sp³-hybridized carbons (Fsp3) is 0.0411. The van der Waals surface area contributed by atoms with E-state index in [9.17, 15) is 0 Å². The number of aromatic nitrogens is 4. The molecule has 78 heavy (non-hydrogen) atoms. The van der Waals surface area contributed by atoms with Crippen molar-refractivity contribution in [2.45, 2.75) is 19.3 Å². The Hall–Kier alpha value is -10.1. The second-order valence-corrected chi connectivity index (χ2v) is 21.3. The summed E-state index contributed by atoms with van der Waals surface area (Å²) in [5.41, 5.74) is 23.0. The molecule has 1 aliphatic carbocycles. The van der Waals surface area contributed by atoms with Crippen molar-refractivity contribution in [2.75, 3.05) is 0 Å². The summed E-state index contributed by atoms with van der Waals surface area (Å²) in [5, 5.41) is 7.01. The summed E-state index contributed by atoms with van der Waals surface area (Å²) in [5.74, 6) is 0.659. The van der Waals surface area contributed by atoms with Crippen molar-refractivity contribution in [2.24, 2.45) is 0 Å². The lowest BCUT2D eigenvalue weighted by atomic mass is 9.81. The Labute approximate surface area is 450 Å². The molecule has 0 bridgehead atoms. The van der Waals surface area contributed by atoms with E-state index >= 15 is 0 Å². The lowest BCUT2D eigenvalue weighted by Gasteiger charge is -2.22. The minimum absolute atomic E-state index is 0.0983. The van der Waals surface area contributed by atoms with Gasteiger partial charge < -0.3 is 13.6 Å². The summed E-state index contributed by atoms with van der Waals surface area (Å²) in [6, 6.07) is 92.2. The first-order valence-electron chi connectivity index (χ1n) is 26.8. The van der Waals surface area contributed by atoms with Crippen molar-refractivity contribution < 1.29 is 4.42 Å². The second kappa shape index (κ2) is 17.0. The molecule has 0 saturated heterocycles. The summed E-state index contributed by atoms with van der Waals surface area (Å²) in [6.07, 6.45) is 0. The molecule has 16 rings (SSSR count). The van der Waals surface area contributed by atoms with Gasteiger partial charge in [-0.3, -0.25) is 0 Å². The second-order valence-electron chi connectivity index (χ2n) is 21.3. The molecular formula is C73H48N4O. The average Bonchev–Trinajstić information content (AvgIpc) is 4.41. The maximum Gasteiger partial charge on any atom is 0.160 e. The van der Waals surface area contributed by atoms with Gasteiger partial charge in [0.1, 0.15) is 11.2 Å². The molecule has 1 aliphatic rings. The SMILES string of the molecule is CC1(C)c2ccccc2-c2ccc(-c3cccc(-c4cccc5c6cc(-n7c8ccccc8c8ccccc87)ccc6n(-c6cccc(-c7cc(-c8ccc9c(c8)oc8ccccc89)nc(-c8ccccc8)n7)c6)c45)c3)cc21. The molecule has 11 aromatic carbocycles. The van der Waals surface area contributed by atoms with Gasteiger partial charge in [0.25, 0.3) is 0 Å². The molecule has 5 nitrogen and oxygen atoms in total. The Morgan fingerprint density at radius 3 is 1.73 bits per heavy atom. The molecule has 15 aromatic rings. The van der Waals surface area contributed by atoms with Crippen molar-refractivity contribution in [1.82, 2.24) is 19.1 Å². The van der Waals surface area contributed by atoms with Crippen molar-refractivity contribution >= 4 is 65.6 Å². The standard InChI is InChI=1S/C73H48N4O/c1-73(2)62-29-10-6-23-54(62)55-36-33-47(41-63(55)73)46-19-14-20-48(39-46)53-27-16-28-60-61-43-52(76-66-30-11-7-24-56(66)57-25-8-12-31-67(57)76)35-38-68(61)77(71(53)60)51-22-15-21-49(40-51)64-44-65(75-72(74-64)45-17-4-3-5-18-45)50-34-37-59-58-26-9-13-32-69(58)78-70(59)42-50/h3-44H,1-2H3. The normalized spacial score (nSPS) is 12.8. The van der Waals surface area contributed by atoms with Gasteiger partial charge in [-0.05, 0) is 118 Å². The Morgan fingerprint density at radius 2 is 0.897 bits per heavy atom. The fourth-order valence-corrected chi connectivity index (χ4v) is 12.8. The maximum absolute atomic E-state index is 6.40. The predicted octanol–water partition coefficient (Wildman–Crippen LogP) is 19.2. The van der Waals surface area contributed by atoms with Gasteiger partial charge in [0, 0.05) is 71.4 Å². The Morgan fingerprint density at radius 1 is 0.321 bits per heavy atom. The molecule has 0 atom stereocenters. The first kappa shape index (κ1) is 44.2. The average molecular weight is 997 g/mol. The summed E-state index contributed by atoms with van der Waals surface area (Å²) in [7, 11) is 0. The number of hydrogen-bond acceptors (Lipinski definition) is 3. The molecule has 0 fully saturated rings. The van der Waals surface area contributed by atoms with Gasteiger partial charge in [-0.2, -0.15) is 0 Å². The predicted molar refractivity (Wildman–Crippen MR) is 323 cm³/mol. The van der Waals surface area contributed by atoms with Crippen LogP contribution in [-0.2, 0) is 5.41 Å². The first-order chi connectivity index (χ1) is 38.4. The van der Waals surface area contributed by atoms with E-state index in [-0.39, 0.29) is 5.41 Å². The highest BCUT2D eigenvalue weighted by Crippen LogP contribution is 2.50. The highest BCUT2D eigenvalue weighted by Gasteiger charge is 2.35. The molecule has 0 amide bonds. The molecule has 4 aromatic heterocycles. The highest BCUT2D eigenvalue weighted by atomic mass is 16.3. The topological polar surface area (TPSA) is 48.8 Å². The van der Waals surface area contributed by atoms with Crippen molar-refractivity contribution in [3.05, 3.63) is 266 Å². The lowest BCUT2D eigenvalue weighted by Crippen LogP contribution is -2.14. The number of rotatable bonds is 7. The minimum atomic E-state index is -0.0983. The molecular weight excluding hydrogens is 949 g/mol. The van der Waals surface area contributed by atoms with Crippen molar-refractivity contribution in [3.8, 4) is 78.7 Å². The van der Waals surface area contributed by atoms with Crippen molar-refractivity contribution in [1.29, 1.82) is 0 Å². The van der Waals surface area contributed by atoms with Gasteiger partial charge in [0.15, 0.2) is 5.82 Å². The van der Waals surface area contributed by atoms with Gasteiger partial charge in [0.05, 0.1) is 33.5 Å². The molecule has 0 radical (unpaired) electrons. The maximum atomic E-state index is 6.40. The van der Waals surface area contributed by atoms with E-state index in [2.05, 4.69) is 247 Å². The Bertz CT molecular complexity index is 4900. The summed E-state index contributed by atoms with van der Waals surface area (Å²) in [4.78, 5) is 10.6. The van der Waals surface area contributed by atoms with E-state index in [0.717, 1.165) is 83.6 Å². The van der Waals surface area contributed by atoms with Crippen LogP contribution in [0.3, 0.4) is 0 Å². The molecule has 4 heterocycles. The number of fused-ring (bicyclic) bond motifs is 12. The smallest absolute Gasteiger partial charge is 0.160 e. The largest absolute Gasteiger partial charge is 0.456 e. The van der Waals surface area contributed by atoms with Crippen LogP contribution in [0.5, 0.6) is 0 Å². The Balaban J connectivity index is 0.895. The summed E-state index contributed by atoms with van der Waals surface area (Å²) in [6.45, 7) is 4.71. The van der Waals surface area contributed by atoms with E-state index < -0.39 is 0 Å². The zero-order valence-corrected chi connectivity index (χ0v) is 42.9. The molecule has 0 spiro atoms. The van der Waals surface area contributed by atoms with E-state index in [1.54, 1.807) is 0 Å². The molecule has 0 N–H and O–H groups in total. The lowest BCUT2D eigenvalue weighted by molar-refractivity contribution is 0.660. The quantitative estimate of drug-likeness (QED) is 0.160. The number of nitrogens with zero attached hydrogens (tertiary/aromatic N) is 4. The number of furan rings is 1. The van der Waals surface area contributed by atoms with E-state index in [0.29, 0.717) is 5.82 Å². The number of benzene rings is 11. The third kappa shape index (κ3) is 6.74. The van der Waals surface area contributed by atoms with Crippen molar-refractivity contribution in [3.63, 3.8) is 0 Å². The highest BCUT2D eigenvalue weighted by molar-refractivity contribution is 6.15. The summed E-state index contributed by atoms with van der Waals surface area (Å²) >= 11 is 0. The fourth-order valence-electron chi connectivity index (χ4n) is 12.8. The zero-order valence-electron chi connectivity index (χ0n) is 42.9.